The van der Waals surface area contributed by atoms with E-state index in [1.807, 2.05) is 12.2 Å². The van der Waals surface area contributed by atoms with E-state index in [2.05, 4.69) is 9.18 Å². The quantitative estimate of drug-likeness (QED) is 0.456. The Balaban J connectivity index is 2.07. The largest absolute Gasteiger partial charge is 0.523 e. The van der Waals surface area contributed by atoms with Gasteiger partial charge < -0.3 is 0 Å². The van der Waals surface area contributed by atoms with Crippen molar-refractivity contribution in [2.24, 2.45) is 10.9 Å². The molecule has 1 aliphatic heterocycles. The van der Waals surface area contributed by atoms with Gasteiger partial charge in [-0.05, 0) is 30.8 Å². The summed E-state index contributed by atoms with van der Waals surface area (Å²) >= 11 is 0. The zero-order valence-corrected chi connectivity index (χ0v) is 11.3. The molecule has 112 valence electrons. The fourth-order valence-electron chi connectivity index (χ4n) is 2.18. The highest BCUT2D eigenvalue weighted by Crippen LogP contribution is 2.32. The summed E-state index contributed by atoms with van der Waals surface area (Å²) in [4.78, 5) is 3.74. The average Bonchev–Trinajstić information content (AvgIpc) is 2.82. The van der Waals surface area contributed by atoms with Crippen LogP contribution in [0.3, 0.4) is 0 Å². The van der Waals surface area contributed by atoms with E-state index in [1.54, 1.807) is 6.08 Å². The van der Waals surface area contributed by atoms with Gasteiger partial charge in [-0.3, -0.25) is 4.99 Å². The van der Waals surface area contributed by atoms with Gasteiger partial charge in [-0.25, -0.2) is 4.18 Å². The fraction of sp³-hybridized carbons (Fsp3) is 0.583. The molecule has 0 fully saturated rings. The highest BCUT2D eigenvalue weighted by Gasteiger charge is 2.49. The van der Waals surface area contributed by atoms with Crippen LogP contribution in [-0.2, 0) is 14.3 Å². The Morgan fingerprint density at radius 1 is 1.30 bits per heavy atom. The Morgan fingerprint density at radius 3 is 2.55 bits per heavy atom. The summed E-state index contributed by atoms with van der Waals surface area (Å²) in [5.74, 6) is 0.272. The lowest BCUT2D eigenvalue weighted by molar-refractivity contribution is -0.0561. The number of allylic oxidation sites excluding steroid dienone is 3. The van der Waals surface area contributed by atoms with Crippen LogP contribution in [0.5, 0.6) is 0 Å². The number of hydrogen-bond donors (Lipinski definition) is 0. The van der Waals surface area contributed by atoms with Gasteiger partial charge in [0.05, 0.1) is 0 Å². The first kappa shape index (κ1) is 15.2. The molecular weight excluding hydrogens is 295 g/mol. The molecule has 2 rings (SSSR count). The van der Waals surface area contributed by atoms with E-state index in [0.717, 1.165) is 12.8 Å². The van der Waals surface area contributed by atoms with E-state index in [1.165, 1.54) is 6.21 Å². The molecule has 0 spiro atoms. The van der Waals surface area contributed by atoms with E-state index in [9.17, 15) is 21.6 Å². The van der Waals surface area contributed by atoms with Gasteiger partial charge in [-0.2, -0.15) is 21.6 Å². The Hall–Kier alpha value is -1.15. The van der Waals surface area contributed by atoms with Crippen LogP contribution >= 0.6 is 0 Å². The van der Waals surface area contributed by atoms with E-state index in [4.69, 9.17) is 0 Å². The first-order chi connectivity index (χ1) is 9.29. The molecule has 20 heavy (non-hydrogen) atoms. The summed E-state index contributed by atoms with van der Waals surface area (Å²) in [6.07, 6.45) is 8.27. The maximum atomic E-state index is 12.3. The third-order valence-corrected chi connectivity index (χ3v) is 4.18. The van der Waals surface area contributed by atoms with Crippen LogP contribution in [0.25, 0.3) is 0 Å². The van der Waals surface area contributed by atoms with Crippen molar-refractivity contribution >= 4 is 16.3 Å². The molecule has 0 N–H and O–H groups in total. The van der Waals surface area contributed by atoms with E-state index in [-0.39, 0.29) is 5.92 Å². The zero-order chi connectivity index (χ0) is 14.8. The molecule has 0 aromatic rings. The first-order valence-corrected chi connectivity index (χ1v) is 7.55. The number of aliphatic imine (C=N–C) groups is 1. The highest BCUT2D eigenvalue weighted by atomic mass is 32.2. The van der Waals surface area contributed by atoms with Crippen molar-refractivity contribution in [1.82, 2.24) is 0 Å². The minimum Gasteiger partial charge on any atom is -0.261 e. The predicted octanol–water partition coefficient (Wildman–Crippen LogP) is 2.94. The van der Waals surface area contributed by atoms with Crippen molar-refractivity contribution in [3.05, 3.63) is 23.8 Å². The SMILES string of the molecule is O=S(=O)(OC1N=CCC=C1CC1CC=CC1)C(F)(F)F. The standard InChI is InChI=1S/C12H14F3NO3S/c13-12(14,15)20(17,18)19-11-10(6-3-7-16-11)8-9-4-1-2-5-9/h1-2,6-7,9,11H,3-5,8H2. The Labute approximate surface area is 115 Å². The van der Waals surface area contributed by atoms with Crippen LogP contribution in [0.15, 0.2) is 28.8 Å². The number of dihydropyridines is 1. The van der Waals surface area contributed by atoms with Crippen LogP contribution < -0.4 is 0 Å². The molecule has 0 saturated heterocycles. The van der Waals surface area contributed by atoms with E-state index >= 15 is 0 Å². The summed E-state index contributed by atoms with van der Waals surface area (Å²) in [6, 6.07) is 0. The molecule has 4 nitrogen and oxygen atoms in total. The van der Waals surface area contributed by atoms with Gasteiger partial charge in [-0.15, -0.1) is 0 Å². The fourth-order valence-corrected chi connectivity index (χ4v) is 2.70. The number of hydrogen-bond acceptors (Lipinski definition) is 4. The lowest BCUT2D eigenvalue weighted by atomic mass is 9.95. The molecule has 1 heterocycles. The maximum absolute atomic E-state index is 12.3. The molecule has 0 aromatic carbocycles. The van der Waals surface area contributed by atoms with Crippen molar-refractivity contribution < 1.29 is 25.8 Å². The van der Waals surface area contributed by atoms with Crippen molar-refractivity contribution in [3.63, 3.8) is 0 Å². The van der Waals surface area contributed by atoms with Crippen LogP contribution in [0.1, 0.15) is 25.7 Å². The smallest absolute Gasteiger partial charge is 0.261 e. The second-order valence-corrected chi connectivity index (χ2v) is 6.27. The zero-order valence-electron chi connectivity index (χ0n) is 10.5. The van der Waals surface area contributed by atoms with E-state index < -0.39 is 21.9 Å². The van der Waals surface area contributed by atoms with E-state index in [0.29, 0.717) is 18.4 Å². The molecule has 0 saturated carbocycles. The predicted molar refractivity (Wildman–Crippen MR) is 67.5 cm³/mol. The molecule has 0 aromatic heterocycles. The third kappa shape index (κ3) is 3.49. The lowest BCUT2D eigenvalue weighted by Crippen LogP contribution is -2.31. The topological polar surface area (TPSA) is 55.7 Å². The maximum Gasteiger partial charge on any atom is 0.523 e. The summed E-state index contributed by atoms with van der Waals surface area (Å²) in [5, 5.41) is 0. The minimum atomic E-state index is -5.63. The number of alkyl halides is 3. The molecule has 1 atom stereocenters. The number of nitrogens with zero attached hydrogens (tertiary/aromatic N) is 1. The van der Waals surface area contributed by atoms with Gasteiger partial charge in [0.15, 0.2) is 6.23 Å². The number of rotatable bonds is 4. The van der Waals surface area contributed by atoms with Gasteiger partial charge in [0.25, 0.3) is 0 Å². The Morgan fingerprint density at radius 2 is 1.95 bits per heavy atom. The molecule has 0 radical (unpaired) electrons. The molecule has 2 aliphatic rings. The first-order valence-electron chi connectivity index (χ1n) is 6.15. The van der Waals surface area contributed by atoms with Gasteiger partial charge in [0.1, 0.15) is 0 Å². The molecule has 0 bridgehead atoms. The van der Waals surface area contributed by atoms with Crippen LogP contribution in [0, 0.1) is 5.92 Å². The summed E-state index contributed by atoms with van der Waals surface area (Å²) in [5.41, 5.74) is -4.94. The minimum absolute atomic E-state index is 0.272. The monoisotopic (exact) mass is 309 g/mol. The number of halogens is 3. The second-order valence-electron chi connectivity index (χ2n) is 4.71. The molecular formula is C12H14F3NO3S. The molecule has 1 unspecified atom stereocenters. The third-order valence-electron chi connectivity index (χ3n) is 3.17. The van der Waals surface area contributed by atoms with Crippen LogP contribution in [0.4, 0.5) is 13.2 Å². The van der Waals surface area contributed by atoms with Crippen molar-refractivity contribution in [3.8, 4) is 0 Å². The summed E-state index contributed by atoms with van der Waals surface area (Å²) in [7, 11) is -5.63. The lowest BCUT2D eigenvalue weighted by Gasteiger charge is -2.22. The van der Waals surface area contributed by atoms with Gasteiger partial charge in [0.2, 0.25) is 0 Å². The average molecular weight is 309 g/mol. The molecule has 0 amide bonds. The summed E-state index contributed by atoms with van der Waals surface area (Å²) < 4.78 is 63.3. The molecule has 8 heteroatoms. The van der Waals surface area contributed by atoms with Gasteiger partial charge in [0, 0.05) is 12.6 Å². The van der Waals surface area contributed by atoms with Gasteiger partial charge >= 0.3 is 15.6 Å². The second kappa shape index (κ2) is 5.69. The highest BCUT2D eigenvalue weighted by molar-refractivity contribution is 7.87. The molecule has 1 aliphatic carbocycles. The van der Waals surface area contributed by atoms with Crippen molar-refractivity contribution in [2.75, 3.05) is 0 Å². The Bertz CT molecular complexity index is 541. The normalized spacial score (nSPS) is 24.1. The van der Waals surface area contributed by atoms with Crippen LogP contribution in [-0.4, -0.2) is 26.4 Å². The van der Waals surface area contributed by atoms with Gasteiger partial charge in [-0.1, -0.05) is 18.2 Å². The Kier molecular flexibility index (Phi) is 4.33. The van der Waals surface area contributed by atoms with Crippen LogP contribution in [0.2, 0.25) is 0 Å². The van der Waals surface area contributed by atoms with Crippen molar-refractivity contribution in [2.45, 2.75) is 37.4 Å². The summed E-state index contributed by atoms with van der Waals surface area (Å²) in [6.45, 7) is 0. The van der Waals surface area contributed by atoms with Crippen molar-refractivity contribution in [1.29, 1.82) is 0 Å².